The number of carbonyl (C=O) groups is 2. The number of nitrogens with zero attached hydrogens (tertiary/aromatic N) is 1. The van der Waals surface area contributed by atoms with Crippen molar-refractivity contribution in [1.29, 1.82) is 0 Å². The number of anilines is 1. The van der Waals surface area contributed by atoms with Crippen molar-refractivity contribution in [1.82, 2.24) is 4.90 Å². The summed E-state index contributed by atoms with van der Waals surface area (Å²) >= 11 is 3.34. The van der Waals surface area contributed by atoms with Crippen molar-refractivity contribution in [2.75, 3.05) is 18.9 Å². The van der Waals surface area contributed by atoms with Gasteiger partial charge in [0, 0.05) is 28.3 Å². The minimum Gasteiger partial charge on any atom is -0.332 e. The summed E-state index contributed by atoms with van der Waals surface area (Å²) in [6.07, 6.45) is 0. The van der Waals surface area contributed by atoms with E-state index < -0.39 is 0 Å². The molecule has 0 aliphatic heterocycles. The van der Waals surface area contributed by atoms with Crippen molar-refractivity contribution >= 4 is 40.6 Å². The SMILES string of the molecule is Cc1ccc(NC(=O)CN(C)C(=O)c2ccccc2SCc2cccs2)cc1. The molecule has 1 N–H and O–H groups in total. The van der Waals surface area contributed by atoms with Gasteiger partial charge < -0.3 is 10.2 Å². The van der Waals surface area contributed by atoms with Crippen LogP contribution in [0.3, 0.4) is 0 Å². The number of carbonyl (C=O) groups excluding carboxylic acids is 2. The van der Waals surface area contributed by atoms with E-state index in [9.17, 15) is 9.59 Å². The molecule has 0 fully saturated rings. The van der Waals surface area contributed by atoms with Crippen LogP contribution in [0.25, 0.3) is 0 Å². The zero-order valence-corrected chi connectivity index (χ0v) is 17.5. The Labute approximate surface area is 173 Å². The largest absolute Gasteiger partial charge is 0.332 e. The van der Waals surface area contributed by atoms with Gasteiger partial charge in [-0.2, -0.15) is 0 Å². The predicted molar refractivity (Wildman–Crippen MR) is 117 cm³/mol. The van der Waals surface area contributed by atoms with Crippen LogP contribution >= 0.6 is 23.1 Å². The summed E-state index contributed by atoms with van der Waals surface area (Å²) in [6.45, 7) is 1.99. The van der Waals surface area contributed by atoms with Crippen LogP contribution in [0.1, 0.15) is 20.8 Å². The second-order valence-corrected chi connectivity index (χ2v) is 8.49. The Hall–Kier alpha value is -2.57. The zero-order chi connectivity index (χ0) is 19.9. The molecule has 144 valence electrons. The first-order chi connectivity index (χ1) is 13.5. The molecule has 0 aliphatic rings. The van der Waals surface area contributed by atoms with Crippen molar-refractivity contribution in [2.24, 2.45) is 0 Å². The number of aryl methyl sites for hydroxylation is 1. The molecule has 2 amide bonds. The van der Waals surface area contributed by atoms with Gasteiger partial charge >= 0.3 is 0 Å². The summed E-state index contributed by atoms with van der Waals surface area (Å²) in [5.74, 6) is 0.441. The van der Waals surface area contributed by atoms with Gasteiger partial charge in [0.1, 0.15) is 0 Å². The molecule has 0 spiro atoms. The van der Waals surface area contributed by atoms with Gasteiger partial charge in [0.25, 0.3) is 5.91 Å². The van der Waals surface area contributed by atoms with Crippen LogP contribution in [0.4, 0.5) is 5.69 Å². The van der Waals surface area contributed by atoms with E-state index in [1.807, 2.05) is 66.9 Å². The lowest BCUT2D eigenvalue weighted by atomic mass is 10.2. The monoisotopic (exact) mass is 410 g/mol. The van der Waals surface area contributed by atoms with E-state index in [0.29, 0.717) is 5.56 Å². The van der Waals surface area contributed by atoms with Crippen molar-refractivity contribution in [3.8, 4) is 0 Å². The van der Waals surface area contributed by atoms with E-state index in [1.54, 1.807) is 30.1 Å². The molecule has 1 aromatic heterocycles. The molecule has 0 radical (unpaired) electrons. The Morgan fingerprint density at radius 2 is 1.79 bits per heavy atom. The summed E-state index contributed by atoms with van der Waals surface area (Å²) in [4.78, 5) is 28.8. The lowest BCUT2D eigenvalue weighted by Gasteiger charge is -2.18. The molecule has 3 aromatic rings. The van der Waals surface area contributed by atoms with E-state index >= 15 is 0 Å². The van der Waals surface area contributed by atoms with Gasteiger partial charge in [0.2, 0.25) is 5.91 Å². The van der Waals surface area contributed by atoms with Crippen molar-refractivity contribution < 1.29 is 9.59 Å². The van der Waals surface area contributed by atoms with Gasteiger partial charge in [-0.3, -0.25) is 9.59 Å². The lowest BCUT2D eigenvalue weighted by Crippen LogP contribution is -2.35. The lowest BCUT2D eigenvalue weighted by molar-refractivity contribution is -0.116. The van der Waals surface area contributed by atoms with Crippen LogP contribution in [0.5, 0.6) is 0 Å². The van der Waals surface area contributed by atoms with Gasteiger partial charge in [-0.15, -0.1) is 23.1 Å². The zero-order valence-electron chi connectivity index (χ0n) is 15.8. The van der Waals surface area contributed by atoms with E-state index in [4.69, 9.17) is 0 Å². The topological polar surface area (TPSA) is 49.4 Å². The summed E-state index contributed by atoms with van der Waals surface area (Å²) in [5.41, 5.74) is 2.47. The molecule has 0 saturated carbocycles. The molecule has 0 unspecified atom stereocenters. The predicted octanol–water partition coefficient (Wildman–Crippen LogP) is 5.06. The third-order valence-electron chi connectivity index (χ3n) is 4.13. The fourth-order valence-electron chi connectivity index (χ4n) is 2.64. The second-order valence-electron chi connectivity index (χ2n) is 6.44. The molecule has 0 atom stereocenters. The average Bonchev–Trinajstić information content (AvgIpc) is 3.21. The van der Waals surface area contributed by atoms with E-state index in [1.165, 1.54) is 9.78 Å². The van der Waals surface area contributed by atoms with E-state index in [0.717, 1.165) is 21.9 Å². The highest BCUT2D eigenvalue weighted by molar-refractivity contribution is 7.98. The molecule has 28 heavy (non-hydrogen) atoms. The van der Waals surface area contributed by atoms with E-state index in [-0.39, 0.29) is 18.4 Å². The van der Waals surface area contributed by atoms with Gasteiger partial charge in [-0.05, 0) is 42.6 Å². The first kappa shape index (κ1) is 20.2. The highest BCUT2D eigenvalue weighted by Gasteiger charge is 2.18. The van der Waals surface area contributed by atoms with Crippen LogP contribution in [-0.4, -0.2) is 30.3 Å². The van der Waals surface area contributed by atoms with Crippen LogP contribution in [0, 0.1) is 6.92 Å². The Morgan fingerprint density at radius 3 is 2.50 bits per heavy atom. The molecule has 0 aliphatic carbocycles. The molecular weight excluding hydrogens is 388 g/mol. The van der Waals surface area contributed by atoms with Crippen molar-refractivity contribution in [3.05, 3.63) is 82.0 Å². The number of amides is 2. The quantitative estimate of drug-likeness (QED) is 0.554. The maximum atomic E-state index is 12.9. The fraction of sp³-hybridized carbons (Fsp3) is 0.182. The molecule has 6 heteroatoms. The first-order valence-corrected chi connectivity index (χ1v) is 10.8. The highest BCUT2D eigenvalue weighted by atomic mass is 32.2. The smallest absolute Gasteiger partial charge is 0.255 e. The van der Waals surface area contributed by atoms with Gasteiger partial charge in [-0.1, -0.05) is 35.9 Å². The summed E-state index contributed by atoms with van der Waals surface area (Å²) in [7, 11) is 1.65. The minimum absolute atomic E-state index is 0.00334. The Kier molecular flexibility index (Phi) is 6.90. The van der Waals surface area contributed by atoms with Crippen molar-refractivity contribution in [2.45, 2.75) is 17.6 Å². The van der Waals surface area contributed by atoms with Gasteiger partial charge in [0.05, 0.1) is 12.1 Å². The third kappa shape index (κ3) is 5.47. The Morgan fingerprint density at radius 1 is 1.04 bits per heavy atom. The van der Waals surface area contributed by atoms with Gasteiger partial charge in [-0.25, -0.2) is 0 Å². The molecule has 0 bridgehead atoms. The van der Waals surface area contributed by atoms with E-state index in [2.05, 4.69) is 11.4 Å². The summed E-state index contributed by atoms with van der Waals surface area (Å²) < 4.78 is 0. The first-order valence-electron chi connectivity index (χ1n) is 8.89. The van der Waals surface area contributed by atoms with Crippen molar-refractivity contribution in [3.63, 3.8) is 0 Å². The number of hydrogen-bond acceptors (Lipinski definition) is 4. The molecule has 2 aromatic carbocycles. The second kappa shape index (κ2) is 9.57. The van der Waals surface area contributed by atoms with Crippen LogP contribution in [0.2, 0.25) is 0 Å². The number of likely N-dealkylation sites (N-methyl/N-ethyl adjacent to an activating group) is 1. The maximum absolute atomic E-state index is 12.9. The number of thioether (sulfide) groups is 1. The summed E-state index contributed by atoms with van der Waals surface area (Å²) in [5, 5.41) is 4.88. The molecule has 3 rings (SSSR count). The third-order valence-corrected chi connectivity index (χ3v) is 6.31. The fourth-order valence-corrected chi connectivity index (χ4v) is 4.46. The highest BCUT2D eigenvalue weighted by Crippen LogP contribution is 2.28. The number of thiophene rings is 1. The molecule has 4 nitrogen and oxygen atoms in total. The normalized spacial score (nSPS) is 10.5. The summed E-state index contributed by atoms with van der Waals surface area (Å²) in [6, 6.07) is 19.2. The number of rotatable bonds is 7. The Balaban J connectivity index is 1.62. The van der Waals surface area contributed by atoms with Crippen LogP contribution in [-0.2, 0) is 10.5 Å². The average molecular weight is 411 g/mol. The van der Waals surface area contributed by atoms with Crippen LogP contribution in [0.15, 0.2) is 70.9 Å². The Bertz CT molecular complexity index is 937. The standard InChI is InChI=1S/C22H22N2O2S2/c1-16-9-11-17(12-10-16)23-21(25)14-24(2)22(26)19-7-3-4-8-20(19)28-15-18-6-5-13-27-18/h3-13H,14-15H2,1-2H3,(H,23,25). The maximum Gasteiger partial charge on any atom is 0.255 e. The van der Waals surface area contributed by atoms with Gasteiger partial charge in [0.15, 0.2) is 0 Å². The number of nitrogens with one attached hydrogen (secondary N) is 1. The molecule has 1 heterocycles. The molecular formula is C22H22N2O2S2. The van der Waals surface area contributed by atoms with Crippen LogP contribution < -0.4 is 5.32 Å². The minimum atomic E-state index is -0.219. The molecule has 0 saturated heterocycles. The number of hydrogen-bond donors (Lipinski definition) is 1. The number of benzene rings is 2.